The summed E-state index contributed by atoms with van der Waals surface area (Å²) in [6.07, 6.45) is 4.99. The van der Waals surface area contributed by atoms with Gasteiger partial charge in [-0.2, -0.15) is 5.10 Å². The van der Waals surface area contributed by atoms with E-state index in [4.69, 9.17) is 0 Å². The number of allylic oxidation sites excluding steroid dienone is 1. The highest BCUT2D eigenvalue weighted by Crippen LogP contribution is 2.47. The normalized spacial score (nSPS) is 28.0. The predicted octanol–water partition coefficient (Wildman–Crippen LogP) is 1.92. The number of fused-ring (bicyclic) bond motifs is 3. The number of anilines is 1. The van der Waals surface area contributed by atoms with Crippen LogP contribution in [0.15, 0.2) is 41.5 Å². The van der Waals surface area contributed by atoms with Crippen molar-refractivity contribution in [3.63, 3.8) is 0 Å². The number of ketones is 1. The van der Waals surface area contributed by atoms with Gasteiger partial charge in [-0.25, -0.2) is 4.90 Å². The molecular formula is C20H20N4O5. The van der Waals surface area contributed by atoms with Crippen molar-refractivity contribution in [2.75, 3.05) is 4.90 Å². The van der Waals surface area contributed by atoms with Crippen LogP contribution in [0.25, 0.3) is 0 Å². The molecule has 0 spiro atoms. The number of hydrogen-bond donors (Lipinski definition) is 0. The van der Waals surface area contributed by atoms with Crippen LogP contribution in [-0.2, 0) is 14.4 Å². The monoisotopic (exact) mass is 396 g/mol. The largest absolute Gasteiger partial charge is 0.297 e. The van der Waals surface area contributed by atoms with Gasteiger partial charge in [0.15, 0.2) is 5.78 Å². The summed E-state index contributed by atoms with van der Waals surface area (Å²) in [5, 5.41) is 16.9. The van der Waals surface area contributed by atoms with Crippen LogP contribution in [0, 0.1) is 27.4 Å². The number of non-ortho nitro benzene ring substituents is 1. The third kappa shape index (κ3) is 2.76. The van der Waals surface area contributed by atoms with Gasteiger partial charge in [-0.1, -0.05) is 32.9 Å². The highest BCUT2D eigenvalue weighted by molar-refractivity contribution is 6.24. The molecule has 0 bridgehead atoms. The molecule has 4 atom stereocenters. The minimum absolute atomic E-state index is 0.139. The number of Topliss-reactive ketones (excluding diaryl/α,β-unsaturated/α-hetero) is 1. The van der Waals surface area contributed by atoms with Crippen molar-refractivity contribution in [3.05, 3.63) is 46.5 Å². The second kappa shape index (κ2) is 6.33. The first kappa shape index (κ1) is 19.0. The SMILES string of the molecule is CC(C)(C)C(=O)[C@@H]1[C@@H]2C(=O)N(c3cccc([N+](=O)[O-])c3)C(=O)[C@H]2[C@@H]2C=CC=NN12. The highest BCUT2D eigenvalue weighted by Gasteiger charge is 2.64. The second-order valence-corrected chi connectivity index (χ2v) is 8.42. The molecule has 1 aromatic rings. The van der Waals surface area contributed by atoms with Crippen molar-refractivity contribution in [1.29, 1.82) is 0 Å². The molecule has 3 aliphatic rings. The minimum Gasteiger partial charge on any atom is -0.297 e. The lowest BCUT2D eigenvalue weighted by Gasteiger charge is -2.33. The maximum absolute atomic E-state index is 13.3. The van der Waals surface area contributed by atoms with Gasteiger partial charge in [0.1, 0.15) is 6.04 Å². The predicted molar refractivity (Wildman–Crippen MR) is 104 cm³/mol. The summed E-state index contributed by atoms with van der Waals surface area (Å²) in [6.45, 7) is 5.29. The molecule has 3 heterocycles. The molecule has 9 nitrogen and oxygen atoms in total. The summed E-state index contributed by atoms with van der Waals surface area (Å²) < 4.78 is 0. The number of imide groups is 1. The fraction of sp³-hybridized carbons (Fsp3) is 0.400. The van der Waals surface area contributed by atoms with Crippen molar-refractivity contribution < 1.29 is 19.3 Å². The number of benzene rings is 1. The fourth-order valence-electron chi connectivity index (χ4n) is 4.28. The molecule has 9 heteroatoms. The first-order valence-corrected chi connectivity index (χ1v) is 9.28. The Morgan fingerprint density at radius 2 is 1.86 bits per heavy atom. The van der Waals surface area contributed by atoms with Crippen molar-refractivity contribution in [1.82, 2.24) is 5.01 Å². The maximum Gasteiger partial charge on any atom is 0.271 e. The average molecular weight is 396 g/mol. The standard InChI is InChI=1S/C20H20N4O5/c1-20(2,3)17(25)16-15-14(13-8-5-9-21-23(13)16)18(26)22(19(15)27)11-6-4-7-12(10-11)24(28)29/h4-10,13-16H,1-3H3/t13-,14-,15+,16-/m0/s1. The molecular weight excluding hydrogens is 376 g/mol. The summed E-state index contributed by atoms with van der Waals surface area (Å²) in [4.78, 5) is 51.3. The van der Waals surface area contributed by atoms with E-state index in [9.17, 15) is 24.5 Å². The lowest BCUT2D eigenvalue weighted by atomic mass is 9.80. The summed E-state index contributed by atoms with van der Waals surface area (Å²) in [6, 6.07) is 4.02. The zero-order chi connectivity index (χ0) is 21.1. The minimum atomic E-state index is -0.890. The zero-order valence-corrected chi connectivity index (χ0v) is 16.2. The number of nitro groups is 1. The molecule has 0 unspecified atom stereocenters. The van der Waals surface area contributed by atoms with Crippen molar-refractivity contribution in [3.8, 4) is 0 Å². The van der Waals surface area contributed by atoms with Gasteiger partial charge in [0.25, 0.3) is 5.69 Å². The van der Waals surface area contributed by atoms with Crippen LogP contribution in [0.3, 0.4) is 0 Å². The number of hydrazone groups is 1. The topological polar surface area (TPSA) is 113 Å². The maximum atomic E-state index is 13.3. The molecule has 0 aliphatic carbocycles. The number of carbonyl (C=O) groups excluding carboxylic acids is 3. The Morgan fingerprint density at radius 1 is 1.17 bits per heavy atom. The Labute approximate surface area is 166 Å². The molecule has 0 N–H and O–H groups in total. The number of nitrogens with zero attached hydrogens (tertiary/aromatic N) is 4. The quantitative estimate of drug-likeness (QED) is 0.438. The van der Waals surface area contributed by atoms with Crippen molar-refractivity contribution in [2.45, 2.75) is 32.9 Å². The van der Waals surface area contributed by atoms with Gasteiger partial charge in [-0.3, -0.25) is 29.5 Å². The van der Waals surface area contributed by atoms with Crippen molar-refractivity contribution >= 4 is 35.2 Å². The molecule has 2 saturated heterocycles. The Morgan fingerprint density at radius 3 is 2.52 bits per heavy atom. The first-order valence-electron chi connectivity index (χ1n) is 9.28. The van der Waals surface area contributed by atoms with Crippen LogP contribution in [0.5, 0.6) is 0 Å². The molecule has 4 rings (SSSR count). The molecule has 0 radical (unpaired) electrons. The number of hydrogen-bond acceptors (Lipinski definition) is 7. The van der Waals surface area contributed by atoms with Crippen molar-refractivity contribution in [2.24, 2.45) is 22.4 Å². The van der Waals surface area contributed by atoms with Crippen LogP contribution >= 0.6 is 0 Å². The van der Waals surface area contributed by atoms with Gasteiger partial charge in [0.05, 0.1) is 28.5 Å². The van der Waals surface area contributed by atoms with Crippen LogP contribution in [0.2, 0.25) is 0 Å². The fourth-order valence-corrected chi connectivity index (χ4v) is 4.28. The van der Waals surface area contributed by atoms with Crippen LogP contribution < -0.4 is 4.90 Å². The molecule has 0 saturated carbocycles. The van der Waals surface area contributed by atoms with E-state index in [1.807, 2.05) is 0 Å². The van der Waals surface area contributed by atoms with Gasteiger partial charge in [-0.15, -0.1) is 0 Å². The molecule has 0 aromatic heterocycles. The molecule has 2 amide bonds. The van der Waals surface area contributed by atoms with E-state index in [2.05, 4.69) is 5.10 Å². The third-order valence-corrected chi connectivity index (χ3v) is 5.60. The first-order chi connectivity index (χ1) is 13.6. The van der Waals surface area contributed by atoms with E-state index in [0.29, 0.717) is 0 Å². The Kier molecular flexibility index (Phi) is 4.14. The zero-order valence-electron chi connectivity index (χ0n) is 16.2. The summed E-state index contributed by atoms with van der Waals surface area (Å²) >= 11 is 0. The van der Waals surface area contributed by atoms with E-state index in [1.54, 1.807) is 37.9 Å². The Bertz CT molecular complexity index is 993. The number of carbonyl (C=O) groups is 3. The van der Waals surface area contributed by atoms with E-state index in [0.717, 1.165) is 4.90 Å². The van der Waals surface area contributed by atoms with Gasteiger partial charge in [0, 0.05) is 23.8 Å². The highest BCUT2D eigenvalue weighted by atomic mass is 16.6. The Balaban J connectivity index is 1.79. The number of rotatable bonds is 3. The molecule has 29 heavy (non-hydrogen) atoms. The lowest BCUT2D eigenvalue weighted by molar-refractivity contribution is -0.384. The van der Waals surface area contributed by atoms with Gasteiger partial charge < -0.3 is 0 Å². The summed E-state index contributed by atoms with van der Waals surface area (Å²) in [5.41, 5.74) is -0.810. The van der Waals surface area contributed by atoms with Gasteiger partial charge >= 0.3 is 0 Å². The number of nitro benzene ring substituents is 1. The van der Waals surface area contributed by atoms with E-state index < -0.39 is 46.1 Å². The average Bonchev–Trinajstić information content (AvgIpc) is 3.13. The van der Waals surface area contributed by atoms with E-state index in [1.165, 1.54) is 30.5 Å². The van der Waals surface area contributed by atoms with Crippen LogP contribution in [0.4, 0.5) is 11.4 Å². The third-order valence-electron chi connectivity index (χ3n) is 5.60. The van der Waals surface area contributed by atoms with Crippen LogP contribution in [-0.4, -0.2) is 45.8 Å². The molecule has 1 aromatic carbocycles. The van der Waals surface area contributed by atoms with E-state index >= 15 is 0 Å². The number of amides is 2. The summed E-state index contributed by atoms with van der Waals surface area (Å²) in [7, 11) is 0. The lowest BCUT2D eigenvalue weighted by Crippen LogP contribution is -2.49. The van der Waals surface area contributed by atoms with Gasteiger partial charge in [-0.05, 0) is 12.1 Å². The molecule has 150 valence electrons. The molecule has 2 fully saturated rings. The smallest absolute Gasteiger partial charge is 0.271 e. The molecule has 3 aliphatic heterocycles. The Hall–Kier alpha value is -3.36. The van der Waals surface area contributed by atoms with Gasteiger partial charge in [0.2, 0.25) is 11.8 Å². The summed E-state index contributed by atoms with van der Waals surface area (Å²) in [5.74, 6) is -2.84. The van der Waals surface area contributed by atoms with Crippen LogP contribution in [0.1, 0.15) is 20.8 Å². The second-order valence-electron chi connectivity index (χ2n) is 8.42. The van der Waals surface area contributed by atoms with E-state index in [-0.39, 0.29) is 17.2 Å².